The lowest BCUT2D eigenvalue weighted by molar-refractivity contribution is 0.0793. The summed E-state index contributed by atoms with van der Waals surface area (Å²) in [7, 11) is 3.51. The molecule has 9 heteroatoms. The molecule has 2 aromatic heterocycles. The molecule has 4 aromatic rings. The number of likely N-dealkylation sites (N-methyl/N-ethyl adjacent to an activating group) is 1. The van der Waals surface area contributed by atoms with Gasteiger partial charge in [0.2, 0.25) is 5.69 Å². The van der Waals surface area contributed by atoms with Gasteiger partial charge in [0.15, 0.2) is 0 Å². The summed E-state index contributed by atoms with van der Waals surface area (Å²) in [6.45, 7) is 9.61. The van der Waals surface area contributed by atoms with Crippen molar-refractivity contribution in [2.45, 2.75) is 6.92 Å². The number of imidazole rings is 1. The Bertz CT molecular complexity index is 1380. The van der Waals surface area contributed by atoms with Gasteiger partial charge in [0.1, 0.15) is 17.3 Å². The molecular formula is C23H22FN7O. The molecule has 0 aliphatic rings. The third-order valence-electron chi connectivity index (χ3n) is 5.31. The molecule has 0 fully saturated rings. The predicted molar refractivity (Wildman–Crippen MR) is 120 cm³/mol. The minimum Gasteiger partial charge on any atom is -0.339 e. The van der Waals surface area contributed by atoms with E-state index in [9.17, 15) is 9.18 Å². The molecule has 1 amide bonds. The predicted octanol–water partition coefficient (Wildman–Crippen LogP) is 3.46. The van der Waals surface area contributed by atoms with Crippen LogP contribution in [0.15, 0.2) is 42.6 Å². The minimum absolute atomic E-state index is 0.0701. The summed E-state index contributed by atoms with van der Waals surface area (Å²) >= 11 is 0. The van der Waals surface area contributed by atoms with Crippen LogP contribution in [0.3, 0.4) is 0 Å². The second-order valence-corrected chi connectivity index (χ2v) is 7.54. The minimum atomic E-state index is -0.638. The fourth-order valence-corrected chi connectivity index (χ4v) is 3.70. The van der Waals surface area contributed by atoms with Crippen molar-refractivity contribution in [1.82, 2.24) is 24.2 Å². The Morgan fingerprint density at radius 2 is 2.06 bits per heavy atom. The Balaban J connectivity index is 1.94. The van der Waals surface area contributed by atoms with Crippen molar-refractivity contribution in [3.63, 3.8) is 0 Å². The van der Waals surface area contributed by atoms with Crippen LogP contribution in [0, 0.1) is 19.3 Å². The molecule has 0 aliphatic heterocycles. The number of aryl methyl sites for hydroxylation is 1. The quantitative estimate of drug-likeness (QED) is 0.491. The third-order valence-corrected chi connectivity index (χ3v) is 5.31. The highest BCUT2D eigenvalue weighted by Gasteiger charge is 2.24. The second-order valence-electron chi connectivity index (χ2n) is 7.54. The van der Waals surface area contributed by atoms with Gasteiger partial charge in [-0.1, -0.05) is 12.1 Å². The zero-order chi connectivity index (χ0) is 23.0. The summed E-state index contributed by atoms with van der Waals surface area (Å²) < 4.78 is 18.0. The van der Waals surface area contributed by atoms with E-state index in [2.05, 4.69) is 14.9 Å². The van der Waals surface area contributed by atoms with E-state index in [1.165, 1.54) is 17.0 Å². The summed E-state index contributed by atoms with van der Waals surface area (Å²) in [5.41, 5.74) is 8.48. The van der Waals surface area contributed by atoms with E-state index >= 15 is 0 Å². The Hall–Kier alpha value is -4.03. The number of carbonyl (C=O) groups excluding carboxylic acids is 1. The largest absolute Gasteiger partial charge is 0.339 e. The van der Waals surface area contributed by atoms with Gasteiger partial charge >= 0.3 is 0 Å². The zero-order valence-electron chi connectivity index (χ0n) is 18.0. The van der Waals surface area contributed by atoms with Gasteiger partial charge < -0.3 is 10.6 Å². The fraction of sp³-hybridized carbons (Fsp3) is 0.217. The van der Waals surface area contributed by atoms with Crippen LogP contribution in [0.2, 0.25) is 0 Å². The van der Waals surface area contributed by atoms with Crippen LogP contribution in [0.1, 0.15) is 16.2 Å². The summed E-state index contributed by atoms with van der Waals surface area (Å²) in [4.78, 5) is 22.3. The third kappa shape index (κ3) is 3.61. The van der Waals surface area contributed by atoms with Crippen molar-refractivity contribution < 1.29 is 9.18 Å². The smallest absolute Gasteiger partial charge is 0.274 e. The lowest BCUT2D eigenvalue weighted by Gasteiger charge is -2.15. The van der Waals surface area contributed by atoms with Gasteiger partial charge in [-0.3, -0.25) is 14.0 Å². The first-order chi connectivity index (χ1) is 15.3. The van der Waals surface area contributed by atoms with E-state index in [-0.39, 0.29) is 17.3 Å². The highest BCUT2D eigenvalue weighted by Crippen LogP contribution is 2.31. The monoisotopic (exact) mass is 431 g/mol. The topological polar surface area (TPSA) is 86.3 Å². The van der Waals surface area contributed by atoms with E-state index in [0.717, 1.165) is 16.6 Å². The van der Waals surface area contributed by atoms with Gasteiger partial charge in [-0.15, -0.1) is 0 Å². The van der Waals surface area contributed by atoms with Gasteiger partial charge in [-0.2, -0.15) is 5.10 Å². The van der Waals surface area contributed by atoms with Crippen LogP contribution < -0.4 is 5.73 Å². The van der Waals surface area contributed by atoms with Gasteiger partial charge in [-0.25, -0.2) is 14.2 Å². The summed E-state index contributed by atoms with van der Waals surface area (Å²) in [6, 6.07) is 10.0. The van der Waals surface area contributed by atoms with Gasteiger partial charge in [0, 0.05) is 50.0 Å². The number of hydrogen-bond donors (Lipinski definition) is 1. The van der Waals surface area contributed by atoms with E-state index in [1.54, 1.807) is 24.7 Å². The molecule has 4 rings (SSSR count). The van der Waals surface area contributed by atoms with Crippen LogP contribution in [-0.2, 0) is 7.05 Å². The summed E-state index contributed by atoms with van der Waals surface area (Å²) in [5, 5.41) is 5.32. The highest BCUT2D eigenvalue weighted by molar-refractivity contribution is 5.94. The molecule has 0 aliphatic carbocycles. The standard InChI is InChI=1S/C23H22FN7O/c1-14-21(23(32)29(3)10-9-25)27-22(15-5-7-20(26-2)18(24)12-15)31(14)17-6-8-19-16(11-17)13-30(4)28-19/h5-8,11-13H,9-10,25H2,1,3-4H3. The average Bonchev–Trinajstić information content (AvgIpc) is 3.31. The number of rotatable bonds is 5. The Morgan fingerprint density at radius 1 is 1.28 bits per heavy atom. The van der Waals surface area contributed by atoms with Crippen LogP contribution in [0.4, 0.5) is 10.1 Å². The van der Waals surface area contributed by atoms with Gasteiger partial charge in [0.25, 0.3) is 5.91 Å². The first-order valence-electron chi connectivity index (χ1n) is 10.00. The molecule has 0 spiro atoms. The van der Waals surface area contributed by atoms with Crippen molar-refractivity contribution in [2.75, 3.05) is 20.1 Å². The fourth-order valence-electron chi connectivity index (χ4n) is 3.70. The van der Waals surface area contributed by atoms with Crippen molar-refractivity contribution in [3.05, 3.63) is 71.2 Å². The molecule has 8 nitrogen and oxygen atoms in total. The number of amides is 1. The first kappa shape index (κ1) is 21.2. The van der Waals surface area contributed by atoms with E-state index in [0.29, 0.717) is 30.2 Å². The van der Waals surface area contributed by atoms with E-state index in [4.69, 9.17) is 12.3 Å². The van der Waals surface area contributed by atoms with Crippen molar-refractivity contribution in [2.24, 2.45) is 12.8 Å². The maximum Gasteiger partial charge on any atom is 0.274 e. The lowest BCUT2D eigenvalue weighted by Crippen LogP contribution is -2.32. The van der Waals surface area contributed by atoms with Crippen molar-refractivity contribution in [1.29, 1.82) is 0 Å². The summed E-state index contributed by atoms with van der Waals surface area (Å²) in [6.07, 6.45) is 1.90. The molecular weight excluding hydrogens is 409 g/mol. The van der Waals surface area contributed by atoms with Crippen LogP contribution in [-0.4, -0.2) is 50.3 Å². The molecule has 0 saturated heterocycles. The number of nitrogens with zero attached hydrogens (tertiary/aromatic N) is 6. The molecule has 0 bridgehead atoms. The van der Waals surface area contributed by atoms with Crippen LogP contribution >= 0.6 is 0 Å². The number of carbonyl (C=O) groups is 1. The number of hydrogen-bond acceptors (Lipinski definition) is 4. The molecule has 0 radical (unpaired) electrons. The average molecular weight is 431 g/mol. The number of fused-ring (bicyclic) bond motifs is 1. The Kier molecular flexibility index (Phi) is 5.47. The number of aromatic nitrogens is 4. The lowest BCUT2D eigenvalue weighted by atomic mass is 10.1. The Morgan fingerprint density at radius 3 is 2.75 bits per heavy atom. The molecule has 0 unspecified atom stereocenters. The normalized spacial score (nSPS) is 11.0. The maximum absolute atomic E-state index is 14.4. The van der Waals surface area contributed by atoms with E-state index < -0.39 is 5.82 Å². The molecule has 32 heavy (non-hydrogen) atoms. The van der Waals surface area contributed by atoms with Crippen LogP contribution in [0.5, 0.6) is 0 Å². The van der Waals surface area contributed by atoms with Gasteiger partial charge in [-0.05, 0) is 31.2 Å². The second kappa shape index (κ2) is 8.24. The molecule has 2 aromatic carbocycles. The molecule has 0 atom stereocenters. The molecule has 162 valence electrons. The maximum atomic E-state index is 14.4. The molecule has 2 N–H and O–H groups in total. The number of benzene rings is 2. The number of halogens is 1. The molecule has 2 heterocycles. The van der Waals surface area contributed by atoms with Crippen molar-refractivity contribution in [3.8, 4) is 17.1 Å². The SMILES string of the molecule is [C-]#[N+]c1ccc(-c2nc(C(=O)N(C)CCN)c(C)n2-c2ccc3nn(C)cc3c2)cc1F. The Labute approximate surface area is 184 Å². The van der Waals surface area contributed by atoms with Gasteiger partial charge in [0.05, 0.1) is 17.8 Å². The van der Waals surface area contributed by atoms with Crippen molar-refractivity contribution >= 4 is 22.5 Å². The number of nitrogens with two attached hydrogens (primary N) is 1. The first-order valence-corrected chi connectivity index (χ1v) is 10.00. The van der Waals surface area contributed by atoms with E-state index in [1.807, 2.05) is 36.0 Å². The summed E-state index contributed by atoms with van der Waals surface area (Å²) in [5.74, 6) is -0.500. The zero-order valence-corrected chi connectivity index (χ0v) is 18.0. The highest BCUT2D eigenvalue weighted by atomic mass is 19.1. The van der Waals surface area contributed by atoms with Crippen LogP contribution in [0.25, 0.3) is 32.8 Å². The molecule has 0 saturated carbocycles.